The number of likely N-dealkylation sites (N-methyl/N-ethyl adjacent to an activating group) is 1. The molecular weight excluding hydrogens is 366 g/mol. The second-order valence-electron chi connectivity index (χ2n) is 6.74. The Morgan fingerprint density at radius 1 is 1.07 bits per heavy atom. The Balaban J connectivity index is 1.67. The van der Waals surface area contributed by atoms with Gasteiger partial charge in [0, 0.05) is 32.3 Å². The van der Waals surface area contributed by atoms with Crippen molar-refractivity contribution < 1.29 is 9.59 Å². The van der Waals surface area contributed by atoms with Gasteiger partial charge in [-0.2, -0.15) is 0 Å². The Bertz CT molecular complexity index is 964. The molecular formula is C22H27N5O2. The van der Waals surface area contributed by atoms with Crippen molar-refractivity contribution in [2.45, 2.75) is 33.2 Å². The van der Waals surface area contributed by atoms with E-state index in [0.29, 0.717) is 31.7 Å². The van der Waals surface area contributed by atoms with Gasteiger partial charge in [-0.15, -0.1) is 0 Å². The zero-order valence-electron chi connectivity index (χ0n) is 17.0. The van der Waals surface area contributed by atoms with Crippen LogP contribution in [-0.4, -0.2) is 50.9 Å². The van der Waals surface area contributed by atoms with Crippen molar-refractivity contribution in [3.63, 3.8) is 0 Å². The maximum absolute atomic E-state index is 12.7. The topological polar surface area (TPSA) is 80.1 Å². The van der Waals surface area contributed by atoms with Crippen LogP contribution in [0.5, 0.6) is 0 Å². The number of hydrogen-bond acceptors (Lipinski definition) is 4. The molecule has 3 rings (SSSR count). The van der Waals surface area contributed by atoms with Gasteiger partial charge in [0.2, 0.25) is 5.91 Å². The Morgan fingerprint density at radius 3 is 2.55 bits per heavy atom. The fraction of sp³-hybridized carbons (Fsp3) is 0.364. The summed E-state index contributed by atoms with van der Waals surface area (Å²) in [6, 6.07) is 13.1. The van der Waals surface area contributed by atoms with Crippen LogP contribution in [0.25, 0.3) is 11.0 Å². The van der Waals surface area contributed by atoms with Crippen LogP contribution < -0.4 is 5.32 Å². The summed E-state index contributed by atoms with van der Waals surface area (Å²) in [6.07, 6.45) is 2.99. The van der Waals surface area contributed by atoms with Gasteiger partial charge >= 0.3 is 0 Å². The first-order chi connectivity index (χ1) is 14.1. The number of carbonyl (C=O) groups excluding carboxylic acids is 2. The molecule has 0 saturated carbocycles. The number of para-hydroxylation sites is 2. The van der Waals surface area contributed by atoms with E-state index in [1.165, 1.54) is 0 Å². The first-order valence-corrected chi connectivity index (χ1v) is 10.0. The highest BCUT2D eigenvalue weighted by Gasteiger charge is 2.16. The predicted molar refractivity (Wildman–Crippen MR) is 113 cm³/mol. The van der Waals surface area contributed by atoms with E-state index in [2.05, 4.69) is 10.3 Å². The molecule has 0 atom stereocenters. The summed E-state index contributed by atoms with van der Waals surface area (Å²) >= 11 is 0. The van der Waals surface area contributed by atoms with Crippen molar-refractivity contribution >= 4 is 22.8 Å². The smallest absolute Gasteiger partial charge is 0.269 e. The van der Waals surface area contributed by atoms with Gasteiger partial charge in [0.1, 0.15) is 18.1 Å². The number of amides is 2. The van der Waals surface area contributed by atoms with Gasteiger partial charge in [0.15, 0.2) is 0 Å². The van der Waals surface area contributed by atoms with E-state index in [-0.39, 0.29) is 18.4 Å². The van der Waals surface area contributed by atoms with Gasteiger partial charge in [-0.05, 0) is 44.5 Å². The van der Waals surface area contributed by atoms with E-state index in [1.807, 2.05) is 47.6 Å². The number of benzene rings is 1. The Labute approximate surface area is 170 Å². The number of nitrogens with one attached hydrogen (secondary N) is 1. The van der Waals surface area contributed by atoms with Gasteiger partial charge in [-0.1, -0.05) is 18.2 Å². The number of carbonyl (C=O) groups is 2. The molecule has 3 aromatic rings. The van der Waals surface area contributed by atoms with Crippen molar-refractivity contribution in [2.75, 3.05) is 19.6 Å². The summed E-state index contributed by atoms with van der Waals surface area (Å²) in [5, 5.41) is 2.89. The van der Waals surface area contributed by atoms with Crippen LogP contribution in [0.1, 0.15) is 36.6 Å². The minimum absolute atomic E-state index is 0.0860. The minimum atomic E-state index is -0.184. The molecule has 7 nitrogen and oxygen atoms in total. The highest BCUT2D eigenvalue weighted by Crippen LogP contribution is 2.17. The molecule has 1 N–H and O–H groups in total. The third-order valence-corrected chi connectivity index (χ3v) is 4.90. The van der Waals surface area contributed by atoms with Crippen LogP contribution >= 0.6 is 0 Å². The number of aryl methyl sites for hydroxylation is 1. The summed E-state index contributed by atoms with van der Waals surface area (Å²) in [6.45, 7) is 6.14. The van der Waals surface area contributed by atoms with Crippen LogP contribution in [0.3, 0.4) is 0 Å². The standard InChI is InChI=1S/C22H27N5O2/c1-3-26(4-2)21(28)16-27-19-12-6-5-10-17(19)25-20(27)13-9-15-24-22(29)18-11-7-8-14-23-18/h5-8,10-12,14H,3-4,9,13,15-16H2,1-2H3,(H,24,29). The molecule has 0 bridgehead atoms. The normalized spacial score (nSPS) is 10.8. The molecule has 152 valence electrons. The third kappa shape index (κ3) is 4.99. The predicted octanol–water partition coefficient (Wildman–Crippen LogP) is 2.66. The lowest BCUT2D eigenvalue weighted by atomic mass is 10.2. The number of imidazole rings is 1. The molecule has 0 aliphatic carbocycles. The van der Waals surface area contributed by atoms with Crippen molar-refractivity contribution in [1.29, 1.82) is 0 Å². The molecule has 2 heterocycles. The number of pyridine rings is 1. The number of fused-ring (bicyclic) bond motifs is 1. The average molecular weight is 393 g/mol. The summed E-state index contributed by atoms with van der Waals surface area (Å²) < 4.78 is 2.00. The average Bonchev–Trinajstić information content (AvgIpc) is 3.10. The van der Waals surface area contributed by atoms with E-state index in [0.717, 1.165) is 23.3 Å². The summed E-state index contributed by atoms with van der Waals surface area (Å²) in [7, 11) is 0. The van der Waals surface area contributed by atoms with Crippen molar-refractivity contribution in [3.05, 3.63) is 60.2 Å². The van der Waals surface area contributed by atoms with Crippen molar-refractivity contribution in [2.24, 2.45) is 0 Å². The van der Waals surface area contributed by atoms with Crippen LogP contribution in [-0.2, 0) is 17.8 Å². The lowest BCUT2D eigenvalue weighted by Crippen LogP contribution is -2.33. The largest absolute Gasteiger partial charge is 0.351 e. The molecule has 29 heavy (non-hydrogen) atoms. The third-order valence-electron chi connectivity index (χ3n) is 4.90. The van der Waals surface area contributed by atoms with Gasteiger partial charge in [0.05, 0.1) is 11.0 Å². The van der Waals surface area contributed by atoms with E-state index in [1.54, 1.807) is 24.4 Å². The number of hydrogen-bond donors (Lipinski definition) is 1. The number of rotatable bonds is 9. The van der Waals surface area contributed by atoms with E-state index < -0.39 is 0 Å². The maximum atomic E-state index is 12.7. The first-order valence-electron chi connectivity index (χ1n) is 10.0. The van der Waals surface area contributed by atoms with E-state index >= 15 is 0 Å². The van der Waals surface area contributed by atoms with E-state index in [9.17, 15) is 9.59 Å². The quantitative estimate of drug-likeness (QED) is 0.567. The monoisotopic (exact) mass is 393 g/mol. The molecule has 0 saturated heterocycles. The second-order valence-corrected chi connectivity index (χ2v) is 6.74. The molecule has 2 aromatic heterocycles. The summed E-state index contributed by atoms with van der Waals surface area (Å²) in [5.74, 6) is 0.762. The number of aromatic nitrogens is 3. The SMILES string of the molecule is CCN(CC)C(=O)Cn1c(CCCNC(=O)c2ccccn2)nc2ccccc21. The first kappa shape index (κ1) is 20.5. The maximum Gasteiger partial charge on any atom is 0.269 e. The molecule has 0 unspecified atom stereocenters. The molecule has 1 aromatic carbocycles. The molecule has 0 spiro atoms. The van der Waals surface area contributed by atoms with Crippen LogP contribution in [0.2, 0.25) is 0 Å². The van der Waals surface area contributed by atoms with Crippen LogP contribution in [0.15, 0.2) is 48.7 Å². The number of nitrogens with zero attached hydrogens (tertiary/aromatic N) is 4. The fourth-order valence-electron chi connectivity index (χ4n) is 3.34. The Hall–Kier alpha value is -3.22. The van der Waals surface area contributed by atoms with Gasteiger partial charge < -0.3 is 14.8 Å². The minimum Gasteiger partial charge on any atom is -0.351 e. The van der Waals surface area contributed by atoms with Gasteiger partial charge in [-0.25, -0.2) is 4.98 Å². The van der Waals surface area contributed by atoms with Crippen LogP contribution in [0.4, 0.5) is 0 Å². The lowest BCUT2D eigenvalue weighted by Gasteiger charge is -2.20. The summed E-state index contributed by atoms with van der Waals surface area (Å²) in [4.78, 5) is 35.4. The van der Waals surface area contributed by atoms with Crippen LogP contribution in [0, 0.1) is 0 Å². The zero-order chi connectivity index (χ0) is 20.6. The molecule has 0 aliphatic rings. The highest BCUT2D eigenvalue weighted by molar-refractivity contribution is 5.92. The Kier molecular flexibility index (Phi) is 6.94. The Morgan fingerprint density at radius 2 is 1.83 bits per heavy atom. The molecule has 0 aliphatic heterocycles. The second kappa shape index (κ2) is 9.82. The molecule has 7 heteroatoms. The molecule has 2 amide bonds. The molecule has 0 radical (unpaired) electrons. The van der Waals surface area contributed by atoms with E-state index in [4.69, 9.17) is 4.98 Å². The lowest BCUT2D eigenvalue weighted by molar-refractivity contribution is -0.131. The van der Waals surface area contributed by atoms with Gasteiger partial charge in [-0.3, -0.25) is 14.6 Å². The van der Waals surface area contributed by atoms with Crippen molar-refractivity contribution in [3.8, 4) is 0 Å². The zero-order valence-corrected chi connectivity index (χ0v) is 17.0. The molecule has 0 fully saturated rings. The fourth-order valence-corrected chi connectivity index (χ4v) is 3.34. The highest BCUT2D eigenvalue weighted by atomic mass is 16.2. The van der Waals surface area contributed by atoms with Crippen molar-refractivity contribution in [1.82, 2.24) is 24.8 Å². The summed E-state index contributed by atoms with van der Waals surface area (Å²) in [5.41, 5.74) is 2.25. The van der Waals surface area contributed by atoms with Gasteiger partial charge in [0.25, 0.3) is 5.91 Å².